The monoisotopic (exact) mass is 315 g/mol. The summed E-state index contributed by atoms with van der Waals surface area (Å²) in [6.45, 7) is 3.67. The molecule has 1 aliphatic carbocycles. The van der Waals surface area contributed by atoms with Crippen molar-refractivity contribution in [1.29, 1.82) is 0 Å². The Morgan fingerprint density at radius 3 is 2.52 bits per heavy atom. The molecule has 0 atom stereocenters. The molecule has 0 aromatic heterocycles. The third-order valence-electron chi connectivity index (χ3n) is 4.11. The van der Waals surface area contributed by atoms with E-state index in [0.29, 0.717) is 6.54 Å². The Bertz CT molecular complexity index is 680. The Hall–Kier alpha value is -1.47. The third-order valence-corrected chi connectivity index (χ3v) is 5.49. The van der Waals surface area contributed by atoms with E-state index in [1.54, 1.807) is 0 Å². The minimum atomic E-state index is -3.84. The number of halogens is 1. The second-order valence-electron chi connectivity index (χ2n) is 5.58. The normalized spacial score (nSPS) is 16.7. The van der Waals surface area contributed by atoms with Crippen molar-refractivity contribution in [2.75, 3.05) is 6.54 Å². The fourth-order valence-electron chi connectivity index (χ4n) is 2.21. The van der Waals surface area contributed by atoms with Gasteiger partial charge in [-0.15, -0.1) is 0 Å². The summed E-state index contributed by atoms with van der Waals surface area (Å²) >= 11 is 0. The quantitative estimate of drug-likeness (QED) is 0.843. The molecule has 0 heterocycles. The summed E-state index contributed by atoms with van der Waals surface area (Å²) < 4.78 is 40.6. The first-order chi connectivity index (χ1) is 9.71. The van der Waals surface area contributed by atoms with Gasteiger partial charge in [0.15, 0.2) is 0 Å². The molecule has 0 bridgehead atoms. The molecular formula is C14H18FNO4S. The van der Waals surface area contributed by atoms with Crippen LogP contribution >= 0.6 is 0 Å². The number of carboxylic acid groups (broad SMARTS) is 1. The number of rotatable bonds is 6. The van der Waals surface area contributed by atoms with Crippen molar-refractivity contribution < 1.29 is 22.7 Å². The van der Waals surface area contributed by atoms with Gasteiger partial charge in [-0.1, -0.05) is 6.92 Å². The number of carbonyl (C=O) groups is 1. The number of nitrogens with one attached hydrogen (secondary N) is 1. The fraction of sp³-hybridized carbons (Fsp3) is 0.500. The molecule has 2 rings (SSSR count). The molecule has 2 N–H and O–H groups in total. The van der Waals surface area contributed by atoms with E-state index in [-0.39, 0.29) is 15.9 Å². The molecule has 0 aliphatic heterocycles. The van der Waals surface area contributed by atoms with E-state index >= 15 is 0 Å². The van der Waals surface area contributed by atoms with Gasteiger partial charge >= 0.3 is 5.97 Å². The predicted octanol–water partition coefficient (Wildman–Crippen LogP) is 2.30. The molecule has 0 amide bonds. The summed E-state index contributed by atoms with van der Waals surface area (Å²) in [5, 5.41) is 8.93. The molecular weight excluding hydrogens is 297 g/mol. The molecule has 1 fully saturated rings. The molecule has 1 aromatic carbocycles. The van der Waals surface area contributed by atoms with Gasteiger partial charge in [0.25, 0.3) is 0 Å². The first kappa shape index (κ1) is 15.9. The number of hydrogen-bond acceptors (Lipinski definition) is 3. The van der Waals surface area contributed by atoms with Crippen LogP contribution in [0.4, 0.5) is 4.39 Å². The van der Waals surface area contributed by atoms with E-state index in [4.69, 9.17) is 5.11 Å². The average Bonchev–Trinajstić information content (AvgIpc) is 3.20. The molecule has 21 heavy (non-hydrogen) atoms. The van der Waals surface area contributed by atoms with Crippen molar-refractivity contribution in [1.82, 2.24) is 4.72 Å². The Labute approximate surface area is 123 Å². The largest absolute Gasteiger partial charge is 0.478 e. The zero-order chi connectivity index (χ0) is 15.8. The molecule has 5 nitrogen and oxygen atoms in total. The van der Waals surface area contributed by atoms with Crippen molar-refractivity contribution >= 4 is 16.0 Å². The van der Waals surface area contributed by atoms with Gasteiger partial charge in [0.1, 0.15) is 5.82 Å². The van der Waals surface area contributed by atoms with E-state index < -0.39 is 27.4 Å². The van der Waals surface area contributed by atoms with E-state index in [1.807, 2.05) is 6.92 Å². The van der Waals surface area contributed by atoms with Gasteiger partial charge < -0.3 is 5.11 Å². The summed E-state index contributed by atoms with van der Waals surface area (Å²) in [4.78, 5) is 10.8. The third kappa shape index (κ3) is 3.24. The first-order valence-electron chi connectivity index (χ1n) is 6.74. The summed E-state index contributed by atoms with van der Waals surface area (Å²) in [5.74, 6) is -2.39. The highest BCUT2D eigenvalue weighted by Crippen LogP contribution is 2.48. The van der Waals surface area contributed by atoms with Crippen molar-refractivity contribution in [3.63, 3.8) is 0 Å². The van der Waals surface area contributed by atoms with Crippen LogP contribution in [0, 0.1) is 18.2 Å². The molecule has 1 aliphatic rings. The SMILES string of the molecule is CCC1(CNS(=O)(=O)c2cc(C)c(F)c(C(=O)O)c2)CC1. The molecule has 7 heteroatoms. The van der Waals surface area contributed by atoms with Gasteiger partial charge in [-0.3, -0.25) is 0 Å². The highest BCUT2D eigenvalue weighted by atomic mass is 32.2. The lowest BCUT2D eigenvalue weighted by Crippen LogP contribution is -2.30. The van der Waals surface area contributed by atoms with Gasteiger partial charge in [0.05, 0.1) is 10.5 Å². The lowest BCUT2D eigenvalue weighted by Gasteiger charge is -2.14. The van der Waals surface area contributed by atoms with Crippen LogP contribution in [0.5, 0.6) is 0 Å². The van der Waals surface area contributed by atoms with Crippen LogP contribution in [0.1, 0.15) is 42.1 Å². The molecule has 1 aromatic rings. The van der Waals surface area contributed by atoms with Gasteiger partial charge in [-0.05, 0) is 49.3 Å². The van der Waals surface area contributed by atoms with Gasteiger partial charge in [-0.25, -0.2) is 22.3 Å². The maximum atomic E-state index is 13.7. The highest BCUT2D eigenvalue weighted by molar-refractivity contribution is 7.89. The van der Waals surface area contributed by atoms with Crippen molar-refractivity contribution in [3.8, 4) is 0 Å². The van der Waals surface area contributed by atoms with Gasteiger partial charge in [0.2, 0.25) is 10.0 Å². The van der Waals surface area contributed by atoms with Crippen LogP contribution in [-0.4, -0.2) is 26.0 Å². The number of benzene rings is 1. The van der Waals surface area contributed by atoms with E-state index in [0.717, 1.165) is 31.4 Å². The number of hydrogen-bond donors (Lipinski definition) is 2. The summed E-state index contributed by atoms with van der Waals surface area (Å²) in [6, 6.07) is 2.01. The zero-order valence-electron chi connectivity index (χ0n) is 11.9. The smallest absolute Gasteiger partial charge is 0.338 e. The van der Waals surface area contributed by atoms with Crippen LogP contribution in [-0.2, 0) is 10.0 Å². The van der Waals surface area contributed by atoms with E-state index in [1.165, 1.54) is 6.92 Å². The van der Waals surface area contributed by atoms with Crippen LogP contribution in [0.25, 0.3) is 0 Å². The number of sulfonamides is 1. The van der Waals surface area contributed by atoms with E-state index in [2.05, 4.69) is 4.72 Å². The molecule has 116 valence electrons. The maximum Gasteiger partial charge on any atom is 0.338 e. The van der Waals surface area contributed by atoms with Crippen LogP contribution in [0.15, 0.2) is 17.0 Å². The number of aryl methyl sites for hydroxylation is 1. The average molecular weight is 315 g/mol. The minimum Gasteiger partial charge on any atom is -0.478 e. The standard InChI is InChI=1S/C14H18FNO4S/c1-3-14(4-5-14)8-16-21(19,20)10-6-9(2)12(15)11(7-10)13(17)18/h6-7,16H,3-5,8H2,1-2H3,(H,17,18). The van der Waals surface area contributed by atoms with Gasteiger partial charge in [0, 0.05) is 6.54 Å². The summed E-state index contributed by atoms with van der Waals surface area (Å²) in [7, 11) is -3.84. The maximum absolute atomic E-state index is 13.7. The minimum absolute atomic E-state index is 0.00750. The summed E-state index contributed by atoms with van der Waals surface area (Å²) in [6.07, 6.45) is 2.85. The molecule has 1 saturated carbocycles. The number of carboxylic acids is 1. The topological polar surface area (TPSA) is 83.5 Å². The Morgan fingerprint density at radius 2 is 2.05 bits per heavy atom. The first-order valence-corrected chi connectivity index (χ1v) is 8.22. The van der Waals surface area contributed by atoms with Crippen molar-refractivity contribution in [3.05, 3.63) is 29.1 Å². The Balaban J connectivity index is 2.30. The molecule has 0 unspecified atom stereocenters. The van der Waals surface area contributed by atoms with Gasteiger partial charge in [-0.2, -0.15) is 0 Å². The second kappa shape index (κ2) is 5.38. The highest BCUT2D eigenvalue weighted by Gasteiger charge is 2.41. The second-order valence-corrected chi connectivity index (χ2v) is 7.35. The van der Waals surface area contributed by atoms with Crippen LogP contribution in [0.3, 0.4) is 0 Å². The number of aromatic carboxylic acids is 1. The Morgan fingerprint density at radius 1 is 1.43 bits per heavy atom. The lowest BCUT2D eigenvalue weighted by atomic mass is 10.1. The zero-order valence-corrected chi connectivity index (χ0v) is 12.8. The van der Waals surface area contributed by atoms with Crippen molar-refractivity contribution in [2.24, 2.45) is 5.41 Å². The van der Waals surface area contributed by atoms with E-state index in [9.17, 15) is 17.6 Å². The molecule has 0 spiro atoms. The summed E-state index contributed by atoms with van der Waals surface area (Å²) in [5.41, 5.74) is -0.614. The molecule has 0 saturated heterocycles. The molecule has 0 radical (unpaired) electrons. The predicted molar refractivity (Wildman–Crippen MR) is 75.2 cm³/mol. The van der Waals surface area contributed by atoms with Crippen LogP contribution in [0.2, 0.25) is 0 Å². The Kier molecular flexibility index (Phi) is 4.08. The van der Waals surface area contributed by atoms with Crippen LogP contribution < -0.4 is 4.72 Å². The van der Waals surface area contributed by atoms with Crippen molar-refractivity contribution in [2.45, 2.75) is 38.0 Å². The fourth-order valence-corrected chi connectivity index (χ4v) is 3.48. The lowest BCUT2D eigenvalue weighted by molar-refractivity contribution is 0.0691.